The third-order valence-electron chi connectivity index (χ3n) is 2.90. The van der Waals surface area contributed by atoms with Crippen LogP contribution in [-0.2, 0) is 16.0 Å². The van der Waals surface area contributed by atoms with E-state index < -0.39 is 5.97 Å². The van der Waals surface area contributed by atoms with Crippen molar-refractivity contribution in [2.24, 2.45) is 0 Å². The molecule has 0 aliphatic heterocycles. The summed E-state index contributed by atoms with van der Waals surface area (Å²) < 4.78 is 12.2. The molecule has 1 aromatic heterocycles. The van der Waals surface area contributed by atoms with Crippen LogP contribution < -0.4 is 0 Å². The molecular formula is C13H16NO4+. The van der Waals surface area contributed by atoms with Crippen molar-refractivity contribution in [1.29, 1.82) is 0 Å². The first kappa shape index (κ1) is 12.6. The second-order valence-corrected chi connectivity index (χ2v) is 3.94. The summed E-state index contributed by atoms with van der Waals surface area (Å²) in [5.74, 6) is -0.688. The van der Waals surface area contributed by atoms with Gasteiger partial charge in [0.05, 0.1) is 12.1 Å². The molecule has 0 unspecified atom stereocenters. The average Bonchev–Trinajstić information content (AvgIpc) is 2.78. The predicted molar refractivity (Wildman–Crippen MR) is 67.7 cm³/mol. The number of para-hydroxylation sites is 1. The number of ether oxygens (including phenoxy) is 2. The van der Waals surface area contributed by atoms with E-state index in [1.165, 1.54) is 0 Å². The number of benzene rings is 1. The van der Waals surface area contributed by atoms with Gasteiger partial charge in [0.15, 0.2) is 6.29 Å². The number of carbonyl (C=O) groups is 1. The minimum Gasteiger partial charge on any atom is -0.561 e. The fourth-order valence-electron chi connectivity index (χ4n) is 2.00. The minimum atomic E-state index is -0.688. The Hall–Kier alpha value is -1.85. The zero-order chi connectivity index (χ0) is 13.1. The average molecular weight is 250 g/mol. The third kappa shape index (κ3) is 2.23. The molecule has 1 heterocycles. The highest BCUT2D eigenvalue weighted by molar-refractivity contribution is 6.02. The Morgan fingerprint density at radius 2 is 2.06 bits per heavy atom. The van der Waals surface area contributed by atoms with Gasteiger partial charge in [-0.3, -0.25) is 0 Å². The summed E-state index contributed by atoms with van der Waals surface area (Å²) in [6, 6.07) is 7.25. The van der Waals surface area contributed by atoms with Gasteiger partial charge in [-0.15, -0.1) is 0 Å². The van der Waals surface area contributed by atoms with Crippen molar-refractivity contribution < 1.29 is 19.4 Å². The molecule has 18 heavy (non-hydrogen) atoms. The van der Waals surface area contributed by atoms with E-state index in [4.69, 9.17) is 14.6 Å². The number of hydrogen-bond acceptors (Lipinski definition) is 3. The van der Waals surface area contributed by atoms with Crippen molar-refractivity contribution in [3.63, 3.8) is 0 Å². The maximum Gasteiger partial charge on any atom is 0.551 e. The van der Waals surface area contributed by atoms with E-state index in [0.717, 1.165) is 10.9 Å². The second-order valence-electron chi connectivity index (χ2n) is 3.94. The Bertz CT molecular complexity index is 557. The van der Waals surface area contributed by atoms with Crippen LogP contribution in [0.5, 0.6) is 0 Å². The standard InChI is InChI=1S/C13H15NO4/c1-17-11(18-2)8-14-7-6-9-4-3-5-10(12(9)14)13(15)16/h3-7,11H,8H2,1-2H3,(H,15,16)/p+1. The number of fused-ring (bicyclic) bond motifs is 1. The normalized spacial score (nSPS) is 11.3. The fraction of sp³-hybridized carbons (Fsp3) is 0.308. The Kier molecular flexibility index (Phi) is 3.64. The van der Waals surface area contributed by atoms with Gasteiger partial charge in [-0.2, -0.15) is 0 Å². The summed E-state index contributed by atoms with van der Waals surface area (Å²) in [5.41, 5.74) is 1.14. The van der Waals surface area contributed by atoms with Crippen LogP contribution in [0.4, 0.5) is 0 Å². The van der Waals surface area contributed by atoms with Crippen molar-refractivity contribution in [2.75, 3.05) is 14.2 Å². The van der Waals surface area contributed by atoms with E-state index in [2.05, 4.69) is 0 Å². The van der Waals surface area contributed by atoms with E-state index in [9.17, 15) is 4.79 Å². The van der Waals surface area contributed by atoms with Crippen LogP contribution in [0.2, 0.25) is 0 Å². The third-order valence-corrected chi connectivity index (χ3v) is 2.90. The molecule has 0 fully saturated rings. The zero-order valence-electron chi connectivity index (χ0n) is 10.3. The summed E-state index contributed by atoms with van der Waals surface area (Å²) in [4.78, 5) is 11.3. The molecule has 0 aliphatic carbocycles. The lowest BCUT2D eigenvalue weighted by atomic mass is 10.1. The van der Waals surface area contributed by atoms with Gasteiger partial charge in [-0.05, 0) is 12.1 Å². The lowest BCUT2D eigenvalue weighted by Crippen LogP contribution is -2.20. The Labute approximate surface area is 105 Å². The summed E-state index contributed by atoms with van der Waals surface area (Å²) in [7, 11) is 3.13. The summed E-state index contributed by atoms with van der Waals surface area (Å²) in [6.07, 6.45) is 1.48. The lowest BCUT2D eigenvalue weighted by molar-refractivity contribution is -0.110. The molecule has 5 heteroatoms. The quantitative estimate of drug-likeness (QED) is 0.590. The second kappa shape index (κ2) is 5.20. The topological polar surface area (TPSA) is 63.4 Å². The van der Waals surface area contributed by atoms with Gasteiger partial charge in [-0.25, -0.2) is 0 Å². The van der Waals surface area contributed by atoms with Gasteiger partial charge in [0, 0.05) is 30.6 Å². The van der Waals surface area contributed by atoms with E-state index in [0.29, 0.717) is 12.1 Å². The predicted octanol–water partition coefficient (Wildman–Crippen LogP) is 1.12. The molecule has 0 saturated carbocycles. The van der Waals surface area contributed by atoms with Crippen LogP contribution in [0, 0.1) is 0 Å². The molecule has 0 bridgehead atoms. The molecule has 2 rings (SSSR count). The van der Waals surface area contributed by atoms with Gasteiger partial charge in [0.2, 0.25) is 0 Å². The number of nitrogens with zero attached hydrogens (tertiary/aromatic N) is 1. The van der Waals surface area contributed by atoms with Crippen molar-refractivity contribution in [2.45, 2.75) is 12.8 Å². The minimum absolute atomic E-state index is 0.380. The Balaban J connectivity index is 2.48. The molecule has 5 nitrogen and oxygen atoms in total. The lowest BCUT2D eigenvalue weighted by Gasteiger charge is -2.15. The van der Waals surface area contributed by atoms with Gasteiger partial charge in [-0.1, -0.05) is 12.1 Å². The van der Waals surface area contributed by atoms with Crippen molar-refractivity contribution in [1.82, 2.24) is 4.57 Å². The van der Waals surface area contributed by atoms with Crippen molar-refractivity contribution in [3.8, 4) is 0 Å². The van der Waals surface area contributed by atoms with Gasteiger partial charge in [0.1, 0.15) is 5.56 Å². The molecular weight excluding hydrogens is 234 g/mol. The molecule has 0 atom stereocenters. The maximum absolute atomic E-state index is 11.3. The molecule has 0 aliphatic rings. The SMILES string of the molecule is COC(Cn1ccc2cccc(C(=O)[OH2+])c21)OC. The highest BCUT2D eigenvalue weighted by Crippen LogP contribution is 2.21. The highest BCUT2D eigenvalue weighted by atomic mass is 16.7. The van der Waals surface area contributed by atoms with Crippen molar-refractivity contribution >= 4 is 16.9 Å². The van der Waals surface area contributed by atoms with Crippen molar-refractivity contribution in [3.05, 3.63) is 36.0 Å². The smallest absolute Gasteiger partial charge is 0.551 e. The first-order valence-electron chi connectivity index (χ1n) is 5.56. The number of methoxy groups -OCH3 is 2. The maximum atomic E-state index is 11.3. The van der Waals surface area contributed by atoms with Crippen LogP contribution in [-0.4, -0.2) is 36.2 Å². The van der Waals surface area contributed by atoms with E-state index in [1.807, 2.05) is 22.9 Å². The van der Waals surface area contributed by atoms with Gasteiger partial charge >= 0.3 is 5.97 Å². The molecule has 0 radical (unpaired) electrons. The van der Waals surface area contributed by atoms with E-state index in [-0.39, 0.29) is 6.29 Å². The summed E-state index contributed by atoms with van der Waals surface area (Å²) in [5, 5.41) is 8.22. The first-order valence-corrected chi connectivity index (χ1v) is 5.56. The number of rotatable bonds is 5. The van der Waals surface area contributed by atoms with Crippen LogP contribution in [0.15, 0.2) is 30.5 Å². The van der Waals surface area contributed by atoms with Crippen LogP contribution >= 0.6 is 0 Å². The van der Waals surface area contributed by atoms with Crippen LogP contribution in [0.3, 0.4) is 0 Å². The molecule has 2 aromatic rings. The van der Waals surface area contributed by atoms with Crippen LogP contribution in [0.25, 0.3) is 10.9 Å². The molecule has 0 saturated heterocycles. The molecule has 0 spiro atoms. The number of hydrogen-bond donors (Lipinski definition) is 0. The van der Waals surface area contributed by atoms with Gasteiger partial charge in [0.25, 0.3) is 0 Å². The highest BCUT2D eigenvalue weighted by Gasteiger charge is 2.19. The summed E-state index contributed by atoms with van der Waals surface area (Å²) in [6.45, 7) is 0.473. The zero-order valence-corrected chi connectivity index (χ0v) is 10.3. The molecule has 96 valence electrons. The number of carbonyl (C=O) groups excluding carboxylic acids is 1. The van der Waals surface area contributed by atoms with Crippen LogP contribution in [0.1, 0.15) is 10.4 Å². The largest absolute Gasteiger partial charge is 0.561 e. The van der Waals surface area contributed by atoms with E-state index >= 15 is 0 Å². The number of aromatic nitrogens is 1. The fourth-order valence-corrected chi connectivity index (χ4v) is 2.00. The monoisotopic (exact) mass is 250 g/mol. The Morgan fingerprint density at radius 3 is 2.67 bits per heavy atom. The molecule has 2 N–H and O–H groups in total. The molecule has 0 amide bonds. The molecule has 1 aromatic carbocycles. The van der Waals surface area contributed by atoms with E-state index in [1.54, 1.807) is 26.4 Å². The first-order chi connectivity index (χ1) is 8.67. The summed E-state index contributed by atoms with van der Waals surface area (Å²) >= 11 is 0. The van der Waals surface area contributed by atoms with Gasteiger partial charge < -0.3 is 19.1 Å². The Morgan fingerprint density at radius 1 is 1.33 bits per heavy atom.